The van der Waals surface area contributed by atoms with Gasteiger partial charge in [-0.15, -0.1) is 0 Å². The second-order valence-electron chi connectivity index (χ2n) is 18.4. The van der Waals surface area contributed by atoms with Crippen molar-refractivity contribution < 1.29 is 19.5 Å². The molecule has 5 aromatic rings. The van der Waals surface area contributed by atoms with Crippen molar-refractivity contribution in [2.45, 2.75) is 107 Å². The van der Waals surface area contributed by atoms with E-state index < -0.39 is 11.5 Å². The Labute approximate surface area is 403 Å². The standard InChI is InChI=1S/C60H66N4O4/c1-9-13-15-43(11-3)59(67)61-53-37-49(63(45-25-17-39(5)18-26-45)46-27-19-40(6)20-28-46)33-35-51(53)55-57(65)56(58(55)66)52-36-34-50(38-54(52)62-60(68)44(12-4)16-14-10-2)64(47-29-21-41(7)22-30-47)48-31-23-42(8)24-32-48/h17-38,43-44H,9-16H2,1-8H3,(H2,61,62,65,66,67,68). The summed E-state index contributed by atoms with van der Waals surface area (Å²) in [6.07, 6.45) is 12.0. The summed E-state index contributed by atoms with van der Waals surface area (Å²) in [6.45, 7) is 16.4. The van der Waals surface area contributed by atoms with E-state index in [1.807, 2.05) is 65.8 Å². The van der Waals surface area contributed by atoms with Crippen molar-refractivity contribution in [3.8, 4) is 0 Å². The van der Waals surface area contributed by atoms with Crippen LogP contribution in [0.1, 0.15) is 107 Å². The molecule has 2 N–H and O–H groups in total. The summed E-state index contributed by atoms with van der Waals surface area (Å²) in [7, 11) is 0. The zero-order chi connectivity index (χ0) is 48.5. The average molecular weight is 907 g/mol. The van der Waals surface area contributed by atoms with E-state index in [2.05, 4.69) is 131 Å². The minimum Gasteiger partial charge on any atom is -0.871 e. The molecule has 350 valence electrons. The van der Waals surface area contributed by atoms with Gasteiger partial charge in [0.2, 0.25) is 28.9 Å². The van der Waals surface area contributed by atoms with Gasteiger partial charge in [0.1, 0.15) is 0 Å². The van der Waals surface area contributed by atoms with Crippen LogP contribution in [-0.2, 0) is 14.4 Å². The Bertz CT molecular complexity index is 2720. The van der Waals surface area contributed by atoms with Crippen LogP contribution >= 0.6 is 0 Å². The minimum atomic E-state index is -0.444. The van der Waals surface area contributed by atoms with Crippen LogP contribution in [0.3, 0.4) is 0 Å². The number of rotatable bonds is 18. The molecule has 2 unspecified atom stereocenters. The molecular formula is C60H66N4O4. The van der Waals surface area contributed by atoms with Gasteiger partial charge in [0.05, 0.1) is 11.4 Å². The van der Waals surface area contributed by atoms with Crippen LogP contribution in [0.25, 0.3) is 5.57 Å². The highest BCUT2D eigenvalue weighted by Crippen LogP contribution is 2.44. The van der Waals surface area contributed by atoms with Crippen LogP contribution in [0.4, 0.5) is 34.1 Å². The lowest BCUT2D eigenvalue weighted by atomic mass is 9.78. The molecule has 68 heavy (non-hydrogen) atoms. The topological polar surface area (TPSA) is 105 Å². The number of nitrogens with one attached hydrogen (secondary N) is 2. The molecule has 0 fully saturated rings. The zero-order valence-corrected chi connectivity index (χ0v) is 41.0. The third-order valence-electron chi connectivity index (χ3n) is 13.2. The van der Waals surface area contributed by atoms with E-state index in [1.165, 1.54) is 0 Å². The number of allylic oxidation sites excluding steroid dienone is 5. The third kappa shape index (κ3) is 10.9. The van der Waals surface area contributed by atoms with E-state index in [0.29, 0.717) is 35.4 Å². The Morgan fingerprint density at radius 1 is 0.588 bits per heavy atom. The quantitative estimate of drug-likeness (QED) is 0.0673. The van der Waals surface area contributed by atoms with Gasteiger partial charge in [-0.3, -0.25) is 14.4 Å². The second-order valence-corrected chi connectivity index (χ2v) is 18.4. The lowest BCUT2D eigenvalue weighted by molar-refractivity contribution is -0.297. The van der Waals surface area contributed by atoms with Gasteiger partial charge in [0.15, 0.2) is 5.78 Å². The van der Waals surface area contributed by atoms with Gasteiger partial charge in [-0.05, 0) is 95.9 Å². The number of aryl methyl sites for hydroxylation is 4. The highest BCUT2D eigenvalue weighted by atomic mass is 16.3. The number of benzene rings is 5. The number of anilines is 4. The van der Waals surface area contributed by atoms with Gasteiger partial charge in [-0.25, -0.2) is 0 Å². The molecule has 0 spiro atoms. The Hall–Kier alpha value is -7.06. The molecule has 5 aromatic carbocycles. The summed E-state index contributed by atoms with van der Waals surface area (Å²) in [5.74, 6) is -1.68. The van der Waals surface area contributed by atoms with Gasteiger partial charge in [-0.2, -0.15) is 4.58 Å². The molecular weight excluding hydrogens is 841 g/mol. The summed E-state index contributed by atoms with van der Waals surface area (Å²) >= 11 is 0. The predicted octanol–water partition coefficient (Wildman–Crippen LogP) is 13.3. The maximum atomic E-state index is 14.8. The monoisotopic (exact) mass is 907 g/mol. The third-order valence-corrected chi connectivity index (χ3v) is 13.2. The first kappa shape index (κ1) is 48.9. The molecule has 0 saturated heterocycles. The van der Waals surface area contributed by atoms with Crippen LogP contribution in [-0.4, -0.2) is 23.3 Å². The van der Waals surface area contributed by atoms with Crippen molar-refractivity contribution >= 4 is 63.0 Å². The Morgan fingerprint density at radius 2 is 1.04 bits per heavy atom. The molecule has 2 aliphatic rings. The SMILES string of the molecule is CCCCC(CC)C(=O)NC1=CC(=[N+](c2ccc(C)cc2)c2ccc(C)cc2)C=CC1=C1C(=O)C(c2ccc(N(c3ccc(C)cc3)c3ccc(C)cc3)cc2NC(=O)C(CC)CCCC)=C1[O-]. The van der Waals surface area contributed by atoms with Crippen LogP contribution < -0.4 is 25.2 Å². The lowest BCUT2D eigenvalue weighted by Crippen LogP contribution is -2.36. The van der Waals surface area contributed by atoms with Crippen molar-refractivity contribution in [1.29, 1.82) is 0 Å². The molecule has 0 aromatic heterocycles. The van der Waals surface area contributed by atoms with Gasteiger partial charge in [-0.1, -0.05) is 136 Å². The Kier molecular flexibility index (Phi) is 15.9. The van der Waals surface area contributed by atoms with Crippen molar-refractivity contribution in [2.75, 3.05) is 10.2 Å². The molecule has 8 nitrogen and oxygen atoms in total. The van der Waals surface area contributed by atoms with Crippen LogP contribution in [0.5, 0.6) is 0 Å². The molecule has 2 atom stereocenters. The number of nitrogens with zero attached hydrogens (tertiary/aromatic N) is 2. The minimum absolute atomic E-state index is 0.00245. The summed E-state index contributed by atoms with van der Waals surface area (Å²) in [4.78, 5) is 45.2. The number of ketones is 1. The van der Waals surface area contributed by atoms with Crippen LogP contribution in [0, 0.1) is 39.5 Å². The molecule has 0 aliphatic heterocycles. The van der Waals surface area contributed by atoms with Gasteiger partial charge in [0, 0.05) is 87.6 Å². The average Bonchev–Trinajstić information content (AvgIpc) is 3.33. The zero-order valence-electron chi connectivity index (χ0n) is 41.0. The molecule has 7 rings (SSSR count). The van der Waals surface area contributed by atoms with Crippen LogP contribution in [0.15, 0.2) is 156 Å². The molecule has 0 heterocycles. The second kappa shape index (κ2) is 22.2. The van der Waals surface area contributed by atoms with E-state index >= 15 is 0 Å². The van der Waals surface area contributed by atoms with E-state index in [-0.39, 0.29) is 34.8 Å². The van der Waals surface area contributed by atoms with Crippen LogP contribution in [0.2, 0.25) is 0 Å². The number of unbranched alkanes of at least 4 members (excludes halogenated alkanes) is 2. The number of Topliss-reactive ketones (excluding diaryl/α,β-unsaturated/α-hetero) is 1. The number of carbonyl (C=O) groups excluding carboxylic acids is 3. The first-order valence-corrected chi connectivity index (χ1v) is 24.5. The van der Waals surface area contributed by atoms with E-state index in [0.717, 1.165) is 94.9 Å². The molecule has 2 aliphatic carbocycles. The highest BCUT2D eigenvalue weighted by Gasteiger charge is 2.36. The Morgan fingerprint density at radius 3 is 1.50 bits per heavy atom. The van der Waals surface area contributed by atoms with Gasteiger partial charge < -0.3 is 20.6 Å². The largest absolute Gasteiger partial charge is 0.871 e. The smallest absolute Gasteiger partial charge is 0.227 e. The highest BCUT2D eigenvalue weighted by molar-refractivity contribution is 6.40. The van der Waals surface area contributed by atoms with E-state index in [4.69, 9.17) is 0 Å². The normalized spacial score (nSPS) is 15.4. The van der Waals surface area contributed by atoms with E-state index in [9.17, 15) is 19.5 Å². The summed E-state index contributed by atoms with van der Waals surface area (Å²) in [5.41, 5.74) is 11.2. The van der Waals surface area contributed by atoms with Crippen molar-refractivity contribution in [1.82, 2.24) is 9.89 Å². The van der Waals surface area contributed by atoms with E-state index in [1.54, 1.807) is 12.1 Å². The number of hydrogen-bond acceptors (Lipinski definition) is 5. The molecule has 2 amide bonds. The van der Waals surface area contributed by atoms with Gasteiger partial charge >= 0.3 is 0 Å². The van der Waals surface area contributed by atoms with Crippen molar-refractivity contribution in [2.24, 2.45) is 11.8 Å². The van der Waals surface area contributed by atoms with Gasteiger partial charge in [0.25, 0.3) is 0 Å². The number of hydrogen-bond donors (Lipinski definition) is 2. The molecule has 8 heteroatoms. The fourth-order valence-corrected chi connectivity index (χ4v) is 8.95. The molecule has 0 bridgehead atoms. The number of carbonyl (C=O) groups is 3. The molecule has 0 saturated carbocycles. The maximum absolute atomic E-state index is 14.8. The number of amides is 2. The first-order valence-electron chi connectivity index (χ1n) is 24.5. The lowest BCUT2D eigenvalue weighted by Gasteiger charge is -2.35. The fourth-order valence-electron chi connectivity index (χ4n) is 8.95. The predicted molar refractivity (Wildman–Crippen MR) is 279 cm³/mol. The van der Waals surface area contributed by atoms with Crippen molar-refractivity contribution in [3.05, 3.63) is 184 Å². The summed E-state index contributed by atoms with van der Waals surface area (Å²) < 4.78 is 2.11. The summed E-state index contributed by atoms with van der Waals surface area (Å²) in [5, 5.41) is 21.2. The first-order chi connectivity index (χ1) is 32.8. The van der Waals surface area contributed by atoms with Crippen molar-refractivity contribution in [3.63, 3.8) is 0 Å². The maximum Gasteiger partial charge on any atom is 0.227 e. The molecule has 0 radical (unpaired) electrons. The summed E-state index contributed by atoms with van der Waals surface area (Å²) in [6, 6.07) is 38.5. The fraction of sp³-hybridized carbons (Fsp3) is 0.300. The Balaban J connectivity index is 1.39.